The molecule has 0 aromatic heterocycles. The van der Waals surface area contributed by atoms with Crippen LogP contribution in [0, 0.1) is 6.92 Å². The van der Waals surface area contributed by atoms with Gasteiger partial charge in [-0.2, -0.15) is 13.2 Å². The summed E-state index contributed by atoms with van der Waals surface area (Å²) in [4.78, 5) is 23.4. The van der Waals surface area contributed by atoms with Crippen LogP contribution in [0.15, 0.2) is 48.5 Å². The van der Waals surface area contributed by atoms with E-state index in [1.807, 2.05) is 0 Å². The smallest absolute Gasteiger partial charge is 0.419 e. The largest absolute Gasteiger partial charge is 0.426 e. The molecule has 7 heteroatoms. The average Bonchev–Trinajstić information content (AvgIpc) is 2.49. The van der Waals surface area contributed by atoms with Crippen LogP contribution < -0.4 is 9.47 Å². The Bertz CT molecular complexity index is 753. The van der Waals surface area contributed by atoms with Crippen LogP contribution in [-0.4, -0.2) is 11.9 Å². The fourth-order valence-electron chi connectivity index (χ4n) is 1.90. The van der Waals surface area contributed by atoms with Crippen molar-refractivity contribution < 1.29 is 32.2 Å². The second-order valence-corrected chi connectivity index (χ2v) is 4.88. The topological polar surface area (TPSA) is 52.6 Å². The molecule has 126 valence electrons. The van der Waals surface area contributed by atoms with E-state index in [-0.39, 0.29) is 5.75 Å². The zero-order valence-corrected chi connectivity index (χ0v) is 12.6. The van der Waals surface area contributed by atoms with Crippen molar-refractivity contribution in [3.63, 3.8) is 0 Å². The Morgan fingerprint density at radius 1 is 0.875 bits per heavy atom. The van der Waals surface area contributed by atoms with E-state index in [0.29, 0.717) is 5.56 Å². The summed E-state index contributed by atoms with van der Waals surface area (Å²) in [7, 11) is 0. The standard InChI is InChI=1S/C17H13F3O4/c1-11-6-2-4-8-13(11)23-15(21)10-16(22)24-14-9-5-3-7-12(14)17(18,19)20/h2-9H,10H2,1H3. The zero-order valence-electron chi connectivity index (χ0n) is 12.6. The van der Waals surface area contributed by atoms with Gasteiger partial charge in [0.15, 0.2) is 0 Å². The molecule has 0 heterocycles. The maximum atomic E-state index is 12.8. The lowest BCUT2D eigenvalue weighted by atomic mass is 10.2. The van der Waals surface area contributed by atoms with Crippen LogP contribution in [0.3, 0.4) is 0 Å². The summed E-state index contributed by atoms with van der Waals surface area (Å²) < 4.78 is 48.1. The fourth-order valence-corrected chi connectivity index (χ4v) is 1.90. The van der Waals surface area contributed by atoms with Crippen molar-refractivity contribution >= 4 is 11.9 Å². The van der Waals surface area contributed by atoms with Crippen molar-refractivity contribution in [2.24, 2.45) is 0 Å². The van der Waals surface area contributed by atoms with Crippen molar-refractivity contribution in [2.45, 2.75) is 19.5 Å². The van der Waals surface area contributed by atoms with Gasteiger partial charge in [0, 0.05) is 0 Å². The molecule has 0 aliphatic carbocycles. The number of para-hydroxylation sites is 2. The van der Waals surface area contributed by atoms with E-state index >= 15 is 0 Å². The number of carbonyl (C=O) groups excluding carboxylic acids is 2. The van der Waals surface area contributed by atoms with Crippen molar-refractivity contribution in [1.82, 2.24) is 0 Å². The predicted molar refractivity (Wildman–Crippen MR) is 78.5 cm³/mol. The number of benzene rings is 2. The highest BCUT2D eigenvalue weighted by Gasteiger charge is 2.34. The second kappa shape index (κ2) is 7.16. The second-order valence-electron chi connectivity index (χ2n) is 4.88. The minimum absolute atomic E-state index is 0.269. The molecule has 0 saturated carbocycles. The van der Waals surface area contributed by atoms with Crippen LogP contribution in [0.4, 0.5) is 13.2 Å². The Morgan fingerprint density at radius 3 is 1.96 bits per heavy atom. The molecular weight excluding hydrogens is 325 g/mol. The van der Waals surface area contributed by atoms with E-state index < -0.39 is 35.8 Å². The number of halogens is 3. The predicted octanol–water partition coefficient (Wildman–Crippen LogP) is 3.91. The van der Waals surface area contributed by atoms with Gasteiger partial charge in [-0.1, -0.05) is 30.3 Å². The van der Waals surface area contributed by atoms with Crippen molar-refractivity contribution in [1.29, 1.82) is 0 Å². The first kappa shape index (κ1) is 17.5. The van der Waals surface area contributed by atoms with Crippen molar-refractivity contribution in [3.05, 3.63) is 59.7 Å². The normalized spacial score (nSPS) is 11.0. The van der Waals surface area contributed by atoms with Crippen molar-refractivity contribution in [3.8, 4) is 11.5 Å². The number of carbonyl (C=O) groups is 2. The van der Waals surface area contributed by atoms with Crippen molar-refractivity contribution in [2.75, 3.05) is 0 Å². The van der Waals surface area contributed by atoms with E-state index in [1.165, 1.54) is 18.2 Å². The molecule has 2 aromatic carbocycles. The van der Waals surface area contributed by atoms with E-state index in [9.17, 15) is 22.8 Å². The van der Waals surface area contributed by atoms with Gasteiger partial charge < -0.3 is 9.47 Å². The number of ether oxygens (including phenoxy) is 2. The highest BCUT2D eigenvalue weighted by Crippen LogP contribution is 2.36. The molecule has 0 N–H and O–H groups in total. The summed E-state index contributed by atoms with van der Waals surface area (Å²) in [6, 6.07) is 10.9. The van der Waals surface area contributed by atoms with Crippen LogP contribution >= 0.6 is 0 Å². The molecular formula is C17H13F3O4. The minimum Gasteiger partial charge on any atom is -0.426 e. The maximum absolute atomic E-state index is 12.8. The summed E-state index contributed by atoms with van der Waals surface area (Å²) in [6.07, 6.45) is -5.47. The van der Waals surface area contributed by atoms with Gasteiger partial charge in [0.05, 0.1) is 5.56 Å². The summed E-state index contributed by atoms with van der Waals surface area (Å²) in [6.45, 7) is 1.71. The molecule has 0 bridgehead atoms. The molecule has 0 aliphatic heterocycles. The molecule has 4 nitrogen and oxygen atoms in total. The zero-order chi connectivity index (χ0) is 17.7. The lowest BCUT2D eigenvalue weighted by Crippen LogP contribution is -2.19. The van der Waals surface area contributed by atoms with Gasteiger partial charge in [-0.25, -0.2) is 0 Å². The molecule has 0 fully saturated rings. The van der Waals surface area contributed by atoms with Gasteiger partial charge >= 0.3 is 18.1 Å². The number of aryl methyl sites for hydroxylation is 1. The lowest BCUT2D eigenvalue weighted by molar-refractivity contribution is -0.146. The quantitative estimate of drug-likeness (QED) is 0.482. The first-order valence-corrected chi connectivity index (χ1v) is 6.90. The number of rotatable bonds is 4. The maximum Gasteiger partial charge on any atom is 0.419 e. The van der Waals surface area contributed by atoms with Crippen LogP contribution in [0.25, 0.3) is 0 Å². The summed E-state index contributed by atoms with van der Waals surface area (Å²) >= 11 is 0. The first-order valence-electron chi connectivity index (χ1n) is 6.90. The Kier molecular flexibility index (Phi) is 5.23. The third kappa shape index (κ3) is 4.58. The molecule has 0 unspecified atom stereocenters. The molecule has 0 radical (unpaired) electrons. The van der Waals surface area contributed by atoms with Crippen LogP contribution in [-0.2, 0) is 15.8 Å². The van der Waals surface area contributed by atoms with Crippen LogP contribution in [0.5, 0.6) is 11.5 Å². The van der Waals surface area contributed by atoms with Crippen LogP contribution in [0.2, 0.25) is 0 Å². The van der Waals surface area contributed by atoms with E-state index in [2.05, 4.69) is 4.74 Å². The molecule has 0 amide bonds. The molecule has 0 saturated heterocycles. The fraction of sp³-hybridized carbons (Fsp3) is 0.176. The van der Waals surface area contributed by atoms with E-state index in [4.69, 9.17) is 4.74 Å². The van der Waals surface area contributed by atoms with Gasteiger partial charge in [0.2, 0.25) is 0 Å². The number of esters is 2. The molecule has 0 spiro atoms. The third-order valence-corrected chi connectivity index (χ3v) is 3.02. The Labute approximate surface area is 135 Å². The first-order chi connectivity index (χ1) is 11.3. The van der Waals surface area contributed by atoms with Crippen LogP contribution in [0.1, 0.15) is 17.5 Å². The molecule has 0 atom stereocenters. The SMILES string of the molecule is Cc1ccccc1OC(=O)CC(=O)Oc1ccccc1C(F)(F)F. The molecule has 2 aromatic rings. The number of hydrogen-bond acceptors (Lipinski definition) is 4. The lowest BCUT2D eigenvalue weighted by Gasteiger charge is -2.12. The highest BCUT2D eigenvalue weighted by atomic mass is 19.4. The third-order valence-electron chi connectivity index (χ3n) is 3.02. The summed E-state index contributed by atoms with van der Waals surface area (Å²) in [5, 5.41) is 0. The molecule has 24 heavy (non-hydrogen) atoms. The van der Waals surface area contributed by atoms with Gasteiger partial charge in [-0.15, -0.1) is 0 Å². The minimum atomic E-state index is -4.67. The number of alkyl halides is 3. The molecule has 2 rings (SSSR count). The molecule has 0 aliphatic rings. The van der Waals surface area contributed by atoms with Gasteiger partial charge in [-0.05, 0) is 30.7 Å². The number of hydrogen-bond donors (Lipinski definition) is 0. The Morgan fingerprint density at radius 2 is 1.38 bits per heavy atom. The van der Waals surface area contributed by atoms with Gasteiger partial charge in [0.1, 0.15) is 17.9 Å². The van der Waals surface area contributed by atoms with Gasteiger partial charge in [-0.3, -0.25) is 9.59 Å². The monoisotopic (exact) mass is 338 g/mol. The average molecular weight is 338 g/mol. The summed E-state index contributed by atoms with van der Waals surface area (Å²) in [5.41, 5.74) is -0.410. The van der Waals surface area contributed by atoms with Gasteiger partial charge in [0.25, 0.3) is 0 Å². The summed E-state index contributed by atoms with van der Waals surface area (Å²) in [5.74, 6) is -2.44. The van der Waals surface area contributed by atoms with E-state index in [1.54, 1.807) is 25.1 Å². The Hall–Kier alpha value is -2.83. The van der Waals surface area contributed by atoms with E-state index in [0.717, 1.165) is 12.1 Å². The highest BCUT2D eigenvalue weighted by molar-refractivity contribution is 5.93. The Balaban J connectivity index is 2.02.